The second kappa shape index (κ2) is 7.78. The lowest BCUT2D eigenvalue weighted by atomic mass is 10.1. The molecular formula is C16H13IO4. The summed E-state index contributed by atoms with van der Waals surface area (Å²) in [6.45, 7) is 0.383. The SMILES string of the molecule is O=Cc1ccccc1C(=O)OCCOc1ccc(I)cc1. The number of aldehydes is 1. The van der Waals surface area contributed by atoms with Gasteiger partial charge in [0.05, 0.1) is 5.56 Å². The summed E-state index contributed by atoms with van der Waals surface area (Å²) >= 11 is 2.21. The van der Waals surface area contributed by atoms with Crippen LogP contribution in [0.3, 0.4) is 0 Å². The Kier molecular flexibility index (Phi) is 5.74. The van der Waals surface area contributed by atoms with E-state index in [-0.39, 0.29) is 18.8 Å². The minimum Gasteiger partial charge on any atom is -0.490 e. The van der Waals surface area contributed by atoms with E-state index >= 15 is 0 Å². The first-order valence-electron chi connectivity index (χ1n) is 6.30. The Balaban J connectivity index is 1.82. The molecule has 0 heterocycles. The molecule has 0 aliphatic heterocycles. The zero-order chi connectivity index (χ0) is 15.1. The molecule has 2 aromatic carbocycles. The number of halogens is 1. The molecule has 0 atom stereocenters. The number of esters is 1. The summed E-state index contributed by atoms with van der Waals surface area (Å²) in [5.41, 5.74) is 0.586. The third-order valence-corrected chi connectivity index (χ3v) is 3.43. The molecule has 0 aliphatic carbocycles. The molecule has 0 amide bonds. The van der Waals surface area contributed by atoms with Gasteiger partial charge in [-0.25, -0.2) is 4.79 Å². The molecule has 21 heavy (non-hydrogen) atoms. The van der Waals surface area contributed by atoms with Crippen LogP contribution in [0.4, 0.5) is 0 Å². The average molecular weight is 396 g/mol. The number of ether oxygens (including phenoxy) is 2. The highest BCUT2D eigenvalue weighted by atomic mass is 127. The first-order chi connectivity index (χ1) is 10.2. The molecule has 0 unspecified atom stereocenters. The van der Waals surface area contributed by atoms with E-state index in [1.165, 1.54) is 0 Å². The fourth-order valence-electron chi connectivity index (χ4n) is 1.69. The monoisotopic (exact) mass is 396 g/mol. The molecule has 0 aromatic heterocycles. The van der Waals surface area contributed by atoms with E-state index in [9.17, 15) is 9.59 Å². The summed E-state index contributed by atoms with van der Waals surface area (Å²) in [4.78, 5) is 22.7. The quantitative estimate of drug-likeness (QED) is 0.325. The average Bonchev–Trinajstić information content (AvgIpc) is 2.53. The van der Waals surface area contributed by atoms with Crippen molar-refractivity contribution in [3.63, 3.8) is 0 Å². The molecule has 0 fully saturated rings. The normalized spacial score (nSPS) is 9.95. The Morgan fingerprint density at radius 3 is 2.48 bits per heavy atom. The Morgan fingerprint density at radius 2 is 1.76 bits per heavy atom. The molecule has 5 heteroatoms. The molecule has 0 spiro atoms. The first kappa shape index (κ1) is 15.5. The minimum atomic E-state index is -0.524. The van der Waals surface area contributed by atoms with Crippen molar-refractivity contribution in [2.24, 2.45) is 0 Å². The highest BCUT2D eigenvalue weighted by molar-refractivity contribution is 14.1. The molecule has 0 bridgehead atoms. The van der Waals surface area contributed by atoms with Gasteiger partial charge < -0.3 is 9.47 Å². The lowest BCUT2D eigenvalue weighted by Crippen LogP contribution is -2.13. The predicted molar refractivity (Wildman–Crippen MR) is 86.8 cm³/mol. The van der Waals surface area contributed by atoms with Crippen molar-refractivity contribution in [3.8, 4) is 5.75 Å². The fraction of sp³-hybridized carbons (Fsp3) is 0.125. The van der Waals surface area contributed by atoms with Crippen LogP contribution in [0.2, 0.25) is 0 Å². The highest BCUT2D eigenvalue weighted by Gasteiger charge is 2.11. The lowest BCUT2D eigenvalue weighted by molar-refractivity contribution is 0.0448. The molecule has 0 saturated carbocycles. The van der Waals surface area contributed by atoms with Gasteiger partial charge in [0.15, 0.2) is 6.29 Å². The van der Waals surface area contributed by atoms with Gasteiger partial charge in [0, 0.05) is 9.13 Å². The second-order valence-electron chi connectivity index (χ2n) is 4.14. The predicted octanol–water partition coefficient (Wildman–Crippen LogP) is 3.34. The van der Waals surface area contributed by atoms with E-state index < -0.39 is 5.97 Å². The summed E-state index contributed by atoms with van der Waals surface area (Å²) in [5.74, 6) is 0.198. The summed E-state index contributed by atoms with van der Waals surface area (Å²) < 4.78 is 11.7. The van der Waals surface area contributed by atoms with Crippen LogP contribution in [0.25, 0.3) is 0 Å². The van der Waals surface area contributed by atoms with Gasteiger partial charge >= 0.3 is 5.97 Å². The number of hydrogen-bond donors (Lipinski definition) is 0. The highest BCUT2D eigenvalue weighted by Crippen LogP contribution is 2.13. The van der Waals surface area contributed by atoms with Crippen molar-refractivity contribution >= 4 is 34.8 Å². The summed E-state index contributed by atoms with van der Waals surface area (Å²) in [6.07, 6.45) is 0.638. The molecule has 0 aliphatic rings. The van der Waals surface area contributed by atoms with Crippen LogP contribution >= 0.6 is 22.6 Å². The zero-order valence-corrected chi connectivity index (χ0v) is 13.3. The summed E-state index contributed by atoms with van der Waals surface area (Å²) in [7, 11) is 0. The van der Waals surface area contributed by atoms with Gasteiger partial charge in [-0.05, 0) is 52.9 Å². The molecule has 4 nitrogen and oxygen atoms in total. The van der Waals surface area contributed by atoms with E-state index in [0.717, 1.165) is 9.32 Å². The van der Waals surface area contributed by atoms with E-state index in [2.05, 4.69) is 22.6 Å². The van der Waals surface area contributed by atoms with Crippen LogP contribution in [0.15, 0.2) is 48.5 Å². The summed E-state index contributed by atoms with van der Waals surface area (Å²) in [6, 6.07) is 14.1. The maximum Gasteiger partial charge on any atom is 0.338 e. The van der Waals surface area contributed by atoms with E-state index in [4.69, 9.17) is 9.47 Å². The third kappa shape index (κ3) is 4.56. The Labute approximate surface area is 136 Å². The van der Waals surface area contributed by atoms with Crippen LogP contribution in [-0.4, -0.2) is 25.5 Å². The van der Waals surface area contributed by atoms with Gasteiger partial charge in [-0.2, -0.15) is 0 Å². The Morgan fingerprint density at radius 1 is 1.05 bits per heavy atom. The fourth-order valence-corrected chi connectivity index (χ4v) is 2.05. The zero-order valence-electron chi connectivity index (χ0n) is 11.1. The number of hydrogen-bond acceptors (Lipinski definition) is 4. The minimum absolute atomic E-state index is 0.123. The van der Waals surface area contributed by atoms with Gasteiger partial charge in [0.25, 0.3) is 0 Å². The van der Waals surface area contributed by atoms with E-state index in [1.54, 1.807) is 24.3 Å². The number of rotatable bonds is 6. The largest absolute Gasteiger partial charge is 0.490 e. The molecule has 2 rings (SSSR count). The molecule has 108 valence electrons. The number of benzene rings is 2. The van der Waals surface area contributed by atoms with Crippen molar-refractivity contribution < 1.29 is 19.1 Å². The Bertz CT molecular complexity index is 622. The van der Waals surface area contributed by atoms with Gasteiger partial charge in [-0.3, -0.25) is 4.79 Å². The van der Waals surface area contributed by atoms with Crippen LogP contribution in [0.5, 0.6) is 5.75 Å². The molecule has 0 N–H and O–H groups in total. The van der Waals surface area contributed by atoms with Gasteiger partial charge in [-0.15, -0.1) is 0 Å². The number of carbonyl (C=O) groups excluding carboxylic acids is 2. The standard InChI is InChI=1S/C16H13IO4/c17-13-5-7-14(8-6-13)20-9-10-21-16(19)15-4-2-1-3-12(15)11-18/h1-8,11H,9-10H2. The van der Waals surface area contributed by atoms with Crippen LogP contribution in [0.1, 0.15) is 20.7 Å². The maximum absolute atomic E-state index is 11.8. The van der Waals surface area contributed by atoms with Gasteiger partial charge in [0.1, 0.15) is 19.0 Å². The number of carbonyl (C=O) groups is 2. The Hall–Kier alpha value is -1.89. The van der Waals surface area contributed by atoms with Crippen LogP contribution in [0, 0.1) is 3.57 Å². The van der Waals surface area contributed by atoms with Crippen molar-refractivity contribution in [2.45, 2.75) is 0 Å². The van der Waals surface area contributed by atoms with Crippen LogP contribution in [-0.2, 0) is 4.74 Å². The van der Waals surface area contributed by atoms with Crippen molar-refractivity contribution in [2.75, 3.05) is 13.2 Å². The lowest BCUT2D eigenvalue weighted by Gasteiger charge is -2.08. The van der Waals surface area contributed by atoms with Gasteiger partial charge in [-0.1, -0.05) is 18.2 Å². The van der Waals surface area contributed by atoms with Crippen molar-refractivity contribution in [3.05, 3.63) is 63.2 Å². The summed E-state index contributed by atoms with van der Waals surface area (Å²) in [5, 5.41) is 0. The molecule has 2 aromatic rings. The van der Waals surface area contributed by atoms with E-state index in [1.807, 2.05) is 24.3 Å². The molecular weight excluding hydrogens is 383 g/mol. The maximum atomic E-state index is 11.8. The van der Waals surface area contributed by atoms with Crippen LogP contribution < -0.4 is 4.74 Å². The van der Waals surface area contributed by atoms with Gasteiger partial charge in [0.2, 0.25) is 0 Å². The van der Waals surface area contributed by atoms with Crippen molar-refractivity contribution in [1.29, 1.82) is 0 Å². The smallest absolute Gasteiger partial charge is 0.338 e. The topological polar surface area (TPSA) is 52.6 Å². The molecule has 0 saturated heterocycles. The molecule has 0 radical (unpaired) electrons. The first-order valence-corrected chi connectivity index (χ1v) is 7.38. The third-order valence-electron chi connectivity index (χ3n) is 2.71. The van der Waals surface area contributed by atoms with Crippen molar-refractivity contribution in [1.82, 2.24) is 0 Å². The second-order valence-corrected chi connectivity index (χ2v) is 5.39. The van der Waals surface area contributed by atoms with E-state index in [0.29, 0.717) is 11.8 Å².